The van der Waals surface area contributed by atoms with Crippen LogP contribution in [0, 0.1) is 5.82 Å². The fourth-order valence-electron chi connectivity index (χ4n) is 2.57. The van der Waals surface area contributed by atoms with Gasteiger partial charge in [-0.25, -0.2) is 9.37 Å². The number of carboxylic acid groups (broad SMARTS) is 1. The van der Waals surface area contributed by atoms with Crippen LogP contribution in [0.5, 0.6) is 0 Å². The average Bonchev–Trinajstić information content (AvgIpc) is 2.83. The van der Waals surface area contributed by atoms with Crippen molar-refractivity contribution in [3.05, 3.63) is 24.0 Å². The van der Waals surface area contributed by atoms with Gasteiger partial charge in [0.05, 0.1) is 16.8 Å². The number of benzene rings is 1. The van der Waals surface area contributed by atoms with Gasteiger partial charge >= 0.3 is 5.97 Å². The number of carbonyl (C=O) groups is 1. The first kappa shape index (κ1) is 14.7. The molecule has 0 atom stereocenters. The van der Waals surface area contributed by atoms with Crippen molar-refractivity contribution >= 4 is 40.5 Å². The average molecular weight is 326 g/mol. The largest absolute Gasteiger partial charge is 0.481 e. The van der Waals surface area contributed by atoms with Gasteiger partial charge in [-0.2, -0.15) is 11.8 Å². The number of carboxylic acids is 1. The van der Waals surface area contributed by atoms with E-state index in [9.17, 15) is 9.18 Å². The van der Waals surface area contributed by atoms with Crippen LogP contribution in [0.1, 0.15) is 18.9 Å². The number of rotatable bonds is 4. The van der Waals surface area contributed by atoms with Crippen LogP contribution in [-0.4, -0.2) is 37.9 Å². The molecule has 0 amide bonds. The molecule has 0 bridgehead atoms. The predicted octanol–water partition coefficient (Wildman–Crippen LogP) is 3.42. The zero-order chi connectivity index (χ0) is 14.8. The van der Waals surface area contributed by atoms with E-state index in [-0.39, 0.29) is 11.6 Å². The number of thioether (sulfide) groups is 2. The highest BCUT2D eigenvalue weighted by molar-refractivity contribution is 7.99. The highest BCUT2D eigenvalue weighted by Crippen LogP contribution is 2.34. The molecular formula is C14H15FN2O2S2. The molecule has 21 heavy (non-hydrogen) atoms. The Morgan fingerprint density at radius 2 is 2.24 bits per heavy atom. The number of aromatic nitrogens is 2. The number of hydrogen-bond donors (Lipinski definition) is 1. The number of fused-ring (bicyclic) bond motifs is 1. The number of halogens is 1. The third kappa shape index (κ3) is 3.18. The molecule has 2 aromatic rings. The predicted molar refractivity (Wildman–Crippen MR) is 83.6 cm³/mol. The minimum Gasteiger partial charge on any atom is -0.481 e. The molecule has 0 aliphatic carbocycles. The molecule has 1 saturated heterocycles. The van der Waals surface area contributed by atoms with Gasteiger partial charge in [-0.1, -0.05) is 11.8 Å². The molecule has 0 radical (unpaired) electrons. The van der Waals surface area contributed by atoms with Crippen molar-refractivity contribution in [1.82, 2.24) is 9.55 Å². The van der Waals surface area contributed by atoms with Crippen LogP contribution in [0.25, 0.3) is 11.0 Å². The van der Waals surface area contributed by atoms with Gasteiger partial charge in [0.25, 0.3) is 0 Å². The molecule has 1 aromatic carbocycles. The molecular weight excluding hydrogens is 311 g/mol. The second-order valence-electron chi connectivity index (χ2n) is 4.92. The van der Waals surface area contributed by atoms with Gasteiger partial charge in [-0.15, -0.1) is 0 Å². The van der Waals surface area contributed by atoms with Crippen molar-refractivity contribution in [2.45, 2.75) is 24.0 Å². The van der Waals surface area contributed by atoms with Crippen LogP contribution in [0.2, 0.25) is 0 Å². The summed E-state index contributed by atoms with van der Waals surface area (Å²) >= 11 is 3.14. The maximum absolute atomic E-state index is 13.4. The number of nitrogens with zero attached hydrogens (tertiary/aromatic N) is 2. The standard InChI is InChI=1S/C14H15FN2O2S2/c15-9-1-2-12-11(7-9)16-14(21-8-13(18)19)17(12)10-3-5-20-6-4-10/h1-2,7,10H,3-6,8H2,(H,18,19). The Balaban J connectivity index is 2.03. The fourth-order valence-corrected chi connectivity index (χ4v) is 4.46. The van der Waals surface area contributed by atoms with Crippen LogP contribution in [-0.2, 0) is 4.79 Å². The number of hydrogen-bond acceptors (Lipinski definition) is 4. The lowest BCUT2D eigenvalue weighted by Crippen LogP contribution is -2.16. The summed E-state index contributed by atoms with van der Waals surface area (Å²) in [5.74, 6) is 0.960. The SMILES string of the molecule is O=C(O)CSc1nc2cc(F)ccc2n1C1CCSCC1. The van der Waals surface area contributed by atoms with Gasteiger partial charge in [0, 0.05) is 12.1 Å². The molecule has 4 nitrogen and oxygen atoms in total. The van der Waals surface area contributed by atoms with E-state index in [0.717, 1.165) is 29.9 Å². The van der Waals surface area contributed by atoms with Crippen LogP contribution in [0.15, 0.2) is 23.4 Å². The van der Waals surface area contributed by atoms with E-state index in [4.69, 9.17) is 5.11 Å². The molecule has 112 valence electrons. The molecule has 0 spiro atoms. The Labute approximate surface area is 130 Å². The topological polar surface area (TPSA) is 55.1 Å². The lowest BCUT2D eigenvalue weighted by Gasteiger charge is -2.25. The molecule has 3 rings (SSSR count). The summed E-state index contributed by atoms with van der Waals surface area (Å²) in [6, 6.07) is 4.90. The quantitative estimate of drug-likeness (QED) is 0.873. The third-order valence-electron chi connectivity index (χ3n) is 3.50. The molecule has 1 aromatic heterocycles. The maximum Gasteiger partial charge on any atom is 0.313 e. The maximum atomic E-state index is 13.4. The van der Waals surface area contributed by atoms with Gasteiger partial charge in [-0.3, -0.25) is 4.79 Å². The van der Waals surface area contributed by atoms with Crippen molar-refractivity contribution in [2.24, 2.45) is 0 Å². The van der Waals surface area contributed by atoms with E-state index in [0.29, 0.717) is 16.7 Å². The Morgan fingerprint density at radius 3 is 2.95 bits per heavy atom. The number of imidazole rings is 1. The van der Waals surface area contributed by atoms with Crippen molar-refractivity contribution in [1.29, 1.82) is 0 Å². The fraction of sp³-hybridized carbons (Fsp3) is 0.429. The Hall–Kier alpha value is -1.21. The first-order valence-electron chi connectivity index (χ1n) is 6.75. The molecule has 1 aliphatic heterocycles. The van der Waals surface area contributed by atoms with Crippen LogP contribution in [0.3, 0.4) is 0 Å². The summed E-state index contributed by atoms with van der Waals surface area (Å²) in [5.41, 5.74) is 1.49. The molecule has 0 saturated carbocycles. The second-order valence-corrected chi connectivity index (χ2v) is 7.09. The number of aliphatic carboxylic acids is 1. The second kappa shape index (κ2) is 6.27. The Morgan fingerprint density at radius 1 is 1.48 bits per heavy atom. The summed E-state index contributed by atoms with van der Waals surface area (Å²) in [4.78, 5) is 15.2. The smallest absolute Gasteiger partial charge is 0.313 e. The van der Waals surface area contributed by atoms with E-state index in [1.165, 1.54) is 23.9 Å². The Bertz CT molecular complexity index is 668. The summed E-state index contributed by atoms with van der Waals surface area (Å²) in [7, 11) is 0. The lowest BCUT2D eigenvalue weighted by molar-refractivity contribution is -0.133. The summed E-state index contributed by atoms with van der Waals surface area (Å²) in [6.45, 7) is 0. The normalized spacial score (nSPS) is 16.4. The van der Waals surface area contributed by atoms with Crippen molar-refractivity contribution in [3.8, 4) is 0 Å². The highest BCUT2D eigenvalue weighted by Gasteiger charge is 2.22. The molecule has 7 heteroatoms. The summed E-state index contributed by atoms with van der Waals surface area (Å²) in [5, 5.41) is 9.55. The van der Waals surface area contributed by atoms with Crippen molar-refractivity contribution in [2.75, 3.05) is 17.3 Å². The van der Waals surface area contributed by atoms with Gasteiger partial charge in [0.15, 0.2) is 5.16 Å². The van der Waals surface area contributed by atoms with Crippen LogP contribution in [0.4, 0.5) is 4.39 Å². The van der Waals surface area contributed by atoms with E-state index < -0.39 is 5.97 Å². The van der Waals surface area contributed by atoms with E-state index >= 15 is 0 Å². The van der Waals surface area contributed by atoms with Gasteiger partial charge in [0.2, 0.25) is 0 Å². The first-order chi connectivity index (χ1) is 10.1. The minimum absolute atomic E-state index is 0.0345. The monoisotopic (exact) mass is 326 g/mol. The zero-order valence-corrected chi connectivity index (χ0v) is 12.9. The molecule has 2 heterocycles. The highest BCUT2D eigenvalue weighted by atomic mass is 32.2. The molecule has 0 unspecified atom stereocenters. The molecule has 1 N–H and O–H groups in total. The van der Waals surface area contributed by atoms with Crippen molar-refractivity contribution in [3.63, 3.8) is 0 Å². The molecule has 1 fully saturated rings. The zero-order valence-electron chi connectivity index (χ0n) is 11.3. The lowest BCUT2D eigenvalue weighted by atomic mass is 10.1. The Kier molecular flexibility index (Phi) is 4.40. The van der Waals surface area contributed by atoms with Gasteiger partial charge in [0.1, 0.15) is 5.82 Å². The van der Waals surface area contributed by atoms with Gasteiger partial charge < -0.3 is 9.67 Å². The summed E-state index contributed by atoms with van der Waals surface area (Å²) in [6.07, 6.45) is 2.07. The minimum atomic E-state index is -0.871. The third-order valence-corrected chi connectivity index (χ3v) is 5.49. The van der Waals surface area contributed by atoms with E-state index in [2.05, 4.69) is 9.55 Å². The van der Waals surface area contributed by atoms with Gasteiger partial charge in [-0.05, 0) is 36.5 Å². The van der Waals surface area contributed by atoms with Crippen LogP contribution >= 0.6 is 23.5 Å². The van der Waals surface area contributed by atoms with E-state index in [1.54, 1.807) is 6.07 Å². The van der Waals surface area contributed by atoms with Crippen LogP contribution < -0.4 is 0 Å². The van der Waals surface area contributed by atoms with Crippen molar-refractivity contribution < 1.29 is 14.3 Å². The van der Waals surface area contributed by atoms with E-state index in [1.807, 2.05) is 11.8 Å². The molecule has 1 aliphatic rings. The summed E-state index contributed by atoms with van der Waals surface area (Å²) < 4.78 is 15.5. The first-order valence-corrected chi connectivity index (χ1v) is 8.89.